The van der Waals surface area contributed by atoms with Crippen molar-refractivity contribution >= 4 is 11.6 Å². The zero-order valence-electron chi connectivity index (χ0n) is 19.4. The Morgan fingerprint density at radius 1 is 0.393 bits per heavy atom. The molecule has 0 amide bonds. The Morgan fingerprint density at radius 2 is 0.679 bits per heavy atom. The molecule has 28 heavy (non-hydrogen) atoms. The van der Waals surface area contributed by atoms with Gasteiger partial charge in [-0.15, -0.1) is 0 Å². The minimum absolute atomic E-state index is 0.138. The number of hydrogen-bond acceptors (Lipinski definition) is 2. The monoisotopic (exact) mass is 394 g/mol. The van der Waals surface area contributed by atoms with Crippen molar-refractivity contribution in [2.45, 2.75) is 155 Å². The van der Waals surface area contributed by atoms with Gasteiger partial charge in [0.15, 0.2) is 0 Å². The SMILES string of the molecule is CCCCCCCCCCCCCCCCCCCC(=O)CC(=O)CCCC. The molecule has 0 aromatic rings. The lowest BCUT2D eigenvalue weighted by Gasteiger charge is -2.04. The molecular formula is C26H50O2. The van der Waals surface area contributed by atoms with Gasteiger partial charge in [-0.3, -0.25) is 9.59 Å². The fourth-order valence-electron chi connectivity index (χ4n) is 3.82. The highest BCUT2D eigenvalue weighted by molar-refractivity contribution is 5.98. The molecule has 0 spiro atoms. The Morgan fingerprint density at radius 3 is 1.04 bits per heavy atom. The van der Waals surface area contributed by atoms with E-state index in [1.54, 1.807) is 0 Å². The largest absolute Gasteiger partial charge is 0.299 e. The quantitative estimate of drug-likeness (QED) is 0.128. The van der Waals surface area contributed by atoms with E-state index in [9.17, 15) is 9.59 Å². The van der Waals surface area contributed by atoms with Crippen LogP contribution in [-0.4, -0.2) is 11.6 Å². The maximum atomic E-state index is 11.8. The second-order valence-corrected chi connectivity index (χ2v) is 8.76. The topological polar surface area (TPSA) is 34.1 Å². The van der Waals surface area contributed by atoms with Crippen LogP contribution in [0.4, 0.5) is 0 Å². The number of carbonyl (C=O) groups excluding carboxylic acids is 2. The van der Waals surface area contributed by atoms with E-state index in [0.717, 1.165) is 25.7 Å². The lowest BCUT2D eigenvalue weighted by Crippen LogP contribution is -2.07. The van der Waals surface area contributed by atoms with Crippen molar-refractivity contribution in [3.05, 3.63) is 0 Å². The van der Waals surface area contributed by atoms with Gasteiger partial charge in [0.2, 0.25) is 0 Å². The van der Waals surface area contributed by atoms with Crippen LogP contribution in [0.15, 0.2) is 0 Å². The third kappa shape index (κ3) is 21.6. The first kappa shape index (κ1) is 27.3. The Hall–Kier alpha value is -0.660. The van der Waals surface area contributed by atoms with Crippen LogP contribution < -0.4 is 0 Å². The van der Waals surface area contributed by atoms with E-state index in [1.807, 2.05) is 0 Å². The van der Waals surface area contributed by atoms with Crippen molar-refractivity contribution in [1.29, 1.82) is 0 Å². The highest BCUT2D eigenvalue weighted by Gasteiger charge is 2.08. The normalized spacial score (nSPS) is 11.1. The molecule has 0 rings (SSSR count). The van der Waals surface area contributed by atoms with Crippen molar-refractivity contribution in [1.82, 2.24) is 0 Å². The summed E-state index contributed by atoms with van der Waals surface area (Å²) in [6, 6.07) is 0. The summed E-state index contributed by atoms with van der Waals surface area (Å²) in [5.41, 5.74) is 0. The van der Waals surface area contributed by atoms with Crippen molar-refractivity contribution in [3.8, 4) is 0 Å². The molecule has 0 saturated heterocycles. The molecule has 0 heterocycles. The van der Waals surface area contributed by atoms with Crippen LogP contribution in [0.5, 0.6) is 0 Å². The third-order valence-electron chi connectivity index (χ3n) is 5.76. The first-order valence-corrected chi connectivity index (χ1v) is 12.7. The Balaban J connectivity index is 3.17. The lowest BCUT2D eigenvalue weighted by atomic mass is 10.0. The number of rotatable bonds is 23. The molecule has 2 nitrogen and oxygen atoms in total. The standard InChI is InChI=1S/C26H50O2/c1-3-5-7-8-9-10-11-12-13-14-15-16-17-18-19-20-21-23-26(28)24-25(27)22-6-4-2/h3-24H2,1-2H3. The Bertz CT molecular complexity index is 348. The summed E-state index contributed by atoms with van der Waals surface area (Å²) >= 11 is 0. The summed E-state index contributed by atoms with van der Waals surface area (Å²) in [5, 5.41) is 0. The Labute approximate surface area is 176 Å². The van der Waals surface area contributed by atoms with E-state index in [-0.39, 0.29) is 18.0 Å². The van der Waals surface area contributed by atoms with Crippen molar-refractivity contribution in [2.75, 3.05) is 0 Å². The molecule has 0 unspecified atom stereocenters. The van der Waals surface area contributed by atoms with E-state index in [0.29, 0.717) is 12.8 Å². The molecule has 0 aliphatic rings. The molecule has 0 fully saturated rings. The number of hydrogen-bond donors (Lipinski definition) is 0. The predicted octanol–water partition coefficient (Wildman–Crippen LogP) is 8.75. The molecule has 0 N–H and O–H groups in total. The summed E-state index contributed by atoms with van der Waals surface area (Å²) in [7, 11) is 0. The maximum Gasteiger partial charge on any atom is 0.140 e. The van der Waals surface area contributed by atoms with Gasteiger partial charge < -0.3 is 0 Å². The van der Waals surface area contributed by atoms with Crippen LogP contribution in [0.25, 0.3) is 0 Å². The van der Waals surface area contributed by atoms with Crippen LogP contribution in [0, 0.1) is 0 Å². The fourth-order valence-corrected chi connectivity index (χ4v) is 3.82. The number of Topliss-reactive ketones (excluding diaryl/α,β-unsaturated/α-hetero) is 2. The average molecular weight is 395 g/mol. The van der Waals surface area contributed by atoms with Gasteiger partial charge in [0.1, 0.15) is 11.6 Å². The molecule has 0 atom stereocenters. The number of unbranched alkanes of at least 4 members (excludes halogenated alkanes) is 17. The molecule has 166 valence electrons. The summed E-state index contributed by atoms with van der Waals surface area (Å²) in [6.45, 7) is 4.36. The minimum Gasteiger partial charge on any atom is -0.299 e. The first-order valence-electron chi connectivity index (χ1n) is 12.7. The smallest absolute Gasteiger partial charge is 0.140 e. The molecule has 0 aliphatic heterocycles. The third-order valence-corrected chi connectivity index (χ3v) is 5.76. The summed E-state index contributed by atoms with van der Waals surface area (Å²) < 4.78 is 0. The van der Waals surface area contributed by atoms with Gasteiger partial charge in [-0.2, -0.15) is 0 Å². The molecule has 0 aliphatic carbocycles. The summed E-state index contributed by atoms with van der Waals surface area (Å²) in [5.74, 6) is 0.292. The molecule has 0 aromatic heterocycles. The number of carbonyl (C=O) groups is 2. The van der Waals surface area contributed by atoms with Gasteiger partial charge in [-0.1, -0.05) is 123 Å². The number of ketones is 2. The zero-order chi connectivity index (χ0) is 20.7. The first-order chi connectivity index (χ1) is 13.7. The second-order valence-electron chi connectivity index (χ2n) is 8.76. The van der Waals surface area contributed by atoms with Crippen LogP contribution in [0.1, 0.15) is 155 Å². The minimum atomic E-state index is 0.138. The molecule has 0 bridgehead atoms. The van der Waals surface area contributed by atoms with Gasteiger partial charge in [0.05, 0.1) is 6.42 Å². The van der Waals surface area contributed by atoms with Gasteiger partial charge in [0.25, 0.3) is 0 Å². The second kappa shape index (κ2) is 22.6. The highest BCUT2D eigenvalue weighted by Crippen LogP contribution is 2.14. The molecule has 0 aromatic carbocycles. The molecule has 2 heteroatoms. The van der Waals surface area contributed by atoms with Crippen LogP contribution in [0.3, 0.4) is 0 Å². The molecular weight excluding hydrogens is 344 g/mol. The van der Waals surface area contributed by atoms with Crippen molar-refractivity contribution < 1.29 is 9.59 Å². The van der Waals surface area contributed by atoms with E-state index >= 15 is 0 Å². The van der Waals surface area contributed by atoms with E-state index < -0.39 is 0 Å². The van der Waals surface area contributed by atoms with E-state index in [1.165, 1.54) is 96.3 Å². The van der Waals surface area contributed by atoms with Crippen LogP contribution in [-0.2, 0) is 9.59 Å². The van der Waals surface area contributed by atoms with Gasteiger partial charge >= 0.3 is 0 Å². The summed E-state index contributed by atoms with van der Waals surface area (Å²) in [6.07, 6.45) is 26.4. The van der Waals surface area contributed by atoms with Crippen molar-refractivity contribution in [3.63, 3.8) is 0 Å². The average Bonchev–Trinajstić information content (AvgIpc) is 2.68. The van der Waals surface area contributed by atoms with Crippen molar-refractivity contribution in [2.24, 2.45) is 0 Å². The maximum absolute atomic E-state index is 11.8. The lowest BCUT2D eigenvalue weighted by molar-refractivity contribution is -0.127. The van der Waals surface area contributed by atoms with Crippen LogP contribution >= 0.6 is 0 Å². The van der Waals surface area contributed by atoms with Gasteiger partial charge in [-0.05, 0) is 12.8 Å². The van der Waals surface area contributed by atoms with E-state index in [4.69, 9.17) is 0 Å². The zero-order valence-corrected chi connectivity index (χ0v) is 19.4. The highest BCUT2D eigenvalue weighted by atomic mass is 16.1. The summed E-state index contributed by atoms with van der Waals surface area (Å²) in [4.78, 5) is 23.3. The van der Waals surface area contributed by atoms with E-state index in [2.05, 4.69) is 13.8 Å². The predicted molar refractivity (Wildman–Crippen MR) is 123 cm³/mol. The van der Waals surface area contributed by atoms with Gasteiger partial charge in [0, 0.05) is 12.8 Å². The van der Waals surface area contributed by atoms with Gasteiger partial charge in [-0.25, -0.2) is 0 Å². The van der Waals surface area contributed by atoms with Crippen LogP contribution in [0.2, 0.25) is 0 Å². The molecule has 0 radical (unpaired) electrons. The fraction of sp³-hybridized carbons (Fsp3) is 0.923. The Kier molecular flexibility index (Phi) is 22.1. The molecule has 0 saturated carbocycles.